The third kappa shape index (κ3) is 4.08. The van der Waals surface area contributed by atoms with Crippen LogP contribution in [-0.2, 0) is 19.1 Å². The number of esters is 2. The zero-order valence-corrected chi connectivity index (χ0v) is 15.7. The summed E-state index contributed by atoms with van der Waals surface area (Å²) >= 11 is 0. The largest absolute Gasteiger partial charge is 0.465 e. The maximum atomic E-state index is 14.0. The van der Waals surface area contributed by atoms with Gasteiger partial charge in [0.05, 0.1) is 19.8 Å². The Bertz CT molecular complexity index is 1040. The van der Waals surface area contributed by atoms with Crippen molar-refractivity contribution in [3.05, 3.63) is 89.8 Å². The molecule has 0 saturated carbocycles. The molecule has 0 atom stereocenters. The second-order valence-corrected chi connectivity index (χ2v) is 5.99. The molecular weight excluding hydrogens is 380 g/mol. The van der Waals surface area contributed by atoms with Crippen LogP contribution in [0.3, 0.4) is 0 Å². The van der Waals surface area contributed by atoms with Crippen LogP contribution < -0.4 is 4.90 Å². The van der Waals surface area contributed by atoms with E-state index in [1.54, 1.807) is 42.6 Å². The van der Waals surface area contributed by atoms with Gasteiger partial charge in [0, 0.05) is 23.5 Å². The van der Waals surface area contributed by atoms with E-state index in [-0.39, 0.29) is 16.8 Å². The molecule has 3 rings (SSSR count). The first-order valence-electron chi connectivity index (χ1n) is 8.56. The number of benzene rings is 2. The summed E-state index contributed by atoms with van der Waals surface area (Å²) in [5, 5.41) is 0. The molecule has 1 aliphatic rings. The number of hydrogen-bond acceptors (Lipinski definition) is 5. The molecule has 0 aliphatic carbocycles. The molecule has 29 heavy (non-hydrogen) atoms. The Balaban J connectivity index is 2.05. The minimum atomic E-state index is -0.727. The second kappa shape index (κ2) is 8.52. The molecule has 1 aliphatic heterocycles. The Labute approximate surface area is 166 Å². The summed E-state index contributed by atoms with van der Waals surface area (Å²) in [4.78, 5) is 26.1. The van der Waals surface area contributed by atoms with E-state index >= 15 is 0 Å². The zero-order chi connectivity index (χ0) is 21.0. The molecule has 0 radical (unpaired) electrons. The van der Waals surface area contributed by atoms with Gasteiger partial charge in [0.15, 0.2) is 0 Å². The standard InChI is InChI=1S/C22H17F2NO4/c1-28-21(26)18-5-3-4-12-25(20(18)22(27)29-2)16-9-6-14(7-10-16)17-11-8-15(23)13-19(17)24/h3-13H,1-2H3. The van der Waals surface area contributed by atoms with Crippen LogP contribution >= 0.6 is 0 Å². The molecule has 5 nitrogen and oxygen atoms in total. The molecule has 2 aromatic rings. The van der Waals surface area contributed by atoms with Crippen LogP contribution in [0.2, 0.25) is 0 Å². The molecule has 0 saturated heterocycles. The summed E-state index contributed by atoms with van der Waals surface area (Å²) in [5.41, 5.74) is 1.30. The minimum absolute atomic E-state index is 0.0231. The molecule has 7 heteroatoms. The van der Waals surface area contributed by atoms with Crippen molar-refractivity contribution >= 4 is 17.6 Å². The number of allylic oxidation sites excluding steroid dienone is 2. The monoisotopic (exact) mass is 397 g/mol. The molecule has 1 heterocycles. The number of nitrogens with zero attached hydrogens (tertiary/aromatic N) is 1. The van der Waals surface area contributed by atoms with E-state index in [9.17, 15) is 18.4 Å². The molecule has 0 aromatic heterocycles. The smallest absolute Gasteiger partial charge is 0.355 e. The lowest BCUT2D eigenvalue weighted by atomic mass is 10.0. The van der Waals surface area contributed by atoms with Gasteiger partial charge in [-0.15, -0.1) is 0 Å². The van der Waals surface area contributed by atoms with Crippen molar-refractivity contribution in [1.82, 2.24) is 0 Å². The van der Waals surface area contributed by atoms with Gasteiger partial charge in [-0.3, -0.25) is 0 Å². The highest BCUT2D eigenvalue weighted by molar-refractivity contribution is 6.05. The van der Waals surface area contributed by atoms with Gasteiger partial charge >= 0.3 is 11.9 Å². The van der Waals surface area contributed by atoms with Crippen molar-refractivity contribution in [2.24, 2.45) is 0 Å². The van der Waals surface area contributed by atoms with E-state index in [1.807, 2.05) is 0 Å². The van der Waals surface area contributed by atoms with Crippen molar-refractivity contribution < 1.29 is 27.8 Å². The molecule has 148 valence electrons. The summed E-state index contributed by atoms with van der Waals surface area (Å²) in [6.07, 6.45) is 6.28. The van der Waals surface area contributed by atoms with Crippen molar-refractivity contribution in [3.63, 3.8) is 0 Å². The average molecular weight is 397 g/mol. The van der Waals surface area contributed by atoms with Gasteiger partial charge < -0.3 is 14.4 Å². The van der Waals surface area contributed by atoms with E-state index in [1.165, 1.54) is 37.3 Å². The molecule has 2 aromatic carbocycles. The Morgan fingerprint density at radius 2 is 1.59 bits per heavy atom. The lowest BCUT2D eigenvalue weighted by Gasteiger charge is -2.23. The summed E-state index contributed by atoms with van der Waals surface area (Å²) in [6, 6.07) is 9.89. The van der Waals surface area contributed by atoms with E-state index in [4.69, 9.17) is 9.47 Å². The summed E-state index contributed by atoms with van der Waals surface area (Å²) in [5.74, 6) is -2.76. The number of anilines is 1. The third-order valence-electron chi connectivity index (χ3n) is 4.28. The van der Waals surface area contributed by atoms with Crippen LogP contribution in [-0.4, -0.2) is 26.2 Å². The van der Waals surface area contributed by atoms with Crippen molar-refractivity contribution in [1.29, 1.82) is 0 Å². The lowest BCUT2D eigenvalue weighted by molar-refractivity contribution is -0.139. The molecule has 0 spiro atoms. The van der Waals surface area contributed by atoms with Gasteiger partial charge in [-0.25, -0.2) is 18.4 Å². The quantitative estimate of drug-likeness (QED) is 0.727. The fraction of sp³-hybridized carbons (Fsp3) is 0.0909. The third-order valence-corrected chi connectivity index (χ3v) is 4.28. The Morgan fingerprint density at radius 3 is 2.21 bits per heavy atom. The van der Waals surface area contributed by atoms with Crippen LogP contribution in [0.25, 0.3) is 11.1 Å². The van der Waals surface area contributed by atoms with Crippen LogP contribution in [0.15, 0.2) is 78.2 Å². The maximum Gasteiger partial charge on any atom is 0.355 e. The van der Waals surface area contributed by atoms with Crippen molar-refractivity contribution in [3.8, 4) is 11.1 Å². The second-order valence-electron chi connectivity index (χ2n) is 5.99. The van der Waals surface area contributed by atoms with Gasteiger partial charge in [-0.05, 0) is 42.0 Å². The summed E-state index contributed by atoms with van der Waals surface area (Å²) in [7, 11) is 2.42. The molecule has 0 fully saturated rings. The van der Waals surface area contributed by atoms with Crippen molar-refractivity contribution in [2.75, 3.05) is 19.1 Å². The SMILES string of the molecule is COC(=O)C1=C(C(=O)OC)N(c2ccc(-c3ccc(F)cc3F)cc2)C=CC=C1. The number of carbonyl (C=O) groups excluding carboxylic acids is 2. The van der Waals surface area contributed by atoms with E-state index in [2.05, 4.69) is 0 Å². The first-order valence-corrected chi connectivity index (χ1v) is 8.56. The first-order chi connectivity index (χ1) is 14.0. The van der Waals surface area contributed by atoms with E-state index in [0.29, 0.717) is 11.3 Å². The molecule has 0 amide bonds. The van der Waals surface area contributed by atoms with Crippen LogP contribution in [0.1, 0.15) is 0 Å². The number of rotatable bonds is 4. The Hall–Kier alpha value is -3.74. The van der Waals surface area contributed by atoms with Crippen LogP contribution in [0.4, 0.5) is 14.5 Å². The van der Waals surface area contributed by atoms with Gasteiger partial charge in [-0.2, -0.15) is 0 Å². The Morgan fingerprint density at radius 1 is 0.897 bits per heavy atom. The van der Waals surface area contributed by atoms with E-state index < -0.39 is 23.6 Å². The molecular formula is C22H17F2NO4. The van der Waals surface area contributed by atoms with Gasteiger partial charge in [0.2, 0.25) is 0 Å². The molecule has 0 N–H and O–H groups in total. The normalized spacial score (nSPS) is 13.3. The fourth-order valence-corrected chi connectivity index (χ4v) is 2.89. The first kappa shape index (κ1) is 20.0. The predicted molar refractivity (Wildman–Crippen MR) is 104 cm³/mol. The average Bonchev–Trinajstić information content (AvgIpc) is 2.96. The highest BCUT2D eigenvalue weighted by Gasteiger charge is 2.27. The molecule has 0 bridgehead atoms. The van der Waals surface area contributed by atoms with Gasteiger partial charge in [-0.1, -0.05) is 18.2 Å². The highest BCUT2D eigenvalue weighted by Crippen LogP contribution is 2.30. The maximum absolute atomic E-state index is 14.0. The van der Waals surface area contributed by atoms with Gasteiger partial charge in [0.1, 0.15) is 17.3 Å². The number of carbonyl (C=O) groups is 2. The highest BCUT2D eigenvalue weighted by atomic mass is 19.1. The van der Waals surface area contributed by atoms with Crippen LogP contribution in [0.5, 0.6) is 0 Å². The molecule has 0 unspecified atom stereocenters. The number of ether oxygens (including phenoxy) is 2. The van der Waals surface area contributed by atoms with E-state index in [0.717, 1.165) is 6.07 Å². The summed E-state index contributed by atoms with van der Waals surface area (Å²) < 4.78 is 36.8. The predicted octanol–water partition coefficient (Wildman–Crippen LogP) is 4.12. The summed E-state index contributed by atoms with van der Waals surface area (Å²) in [6.45, 7) is 0. The number of halogens is 2. The lowest BCUT2D eigenvalue weighted by Crippen LogP contribution is -2.26. The topological polar surface area (TPSA) is 55.8 Å². The van der Waals surface area contributed by atoms with Crippen molar-refractivity contribution in [2.45, 2.75) is 0 Å². The van der Waals surface area contributed by atoms with Crippen LogP contribution in [0, 0.1) is 11.6 Å². The zero-order valence-electron chi connectivity index (χ0n) is 15.7. The van der Waals surface area contributed by atoms with Gasteiger partial charge in [0.25, 0.3) is 0 Å². The number of methoxy groups -OCH3 is 2. The fourth-order valence-electron chi connectivity index (χ4n) is 2.89. The number of hydrogen-bond donors (Lipinski definition) is 0. The Kier molecular flexibility index (Phi) is 5.87. The minimum Gasteiger partial charge on any atom is -0.465 e.